The highest BCUT2D eigenvalue weighted by Crippen LogP contribution is 2.17. The van der Waals surface area contributed by atoms with Crippen molar-refractivity contribution in [1.29, 1.82) is 0 Å². The number of carbonyl (C=O) groups is 1. The molecule has 0 fully saturated rings. The Morgan fingerprint density at radius 1 is 1.54 bits per heavy atom. The summed E-state index contributed by atoms with van der Waals surface area (Å²) in [6, 6.07) is 0. The molecular formula is C9H19NOS2. The molecule has 13 heavy (non-hydrogen) atoms. The Balaban J connectivity index is 3.67. The fraction of sp³-hybridized carbons (Fsp3) is 0.889. The Morgan fingerprint density at radius 3 is 2.69 bits per heavy atom. The van der Waals surface area contributed by atoms with Crippen LogP contribution in [0.15, 0.2) is 0 Å². The van der Waals surface area contributed by atoms with E-state index in [1.807, 2.05) is 0 Å². The molecule has 0 aromatic carbocycles. The predicted octanol–water partition coefficient (Wildman–Crippen LogP) is 2.29. The molecule has 0 aliphatic carbocycles. The summed E-state index contributed by atoms with van der Waals surface area (Å²) in [5, 5.41) is 0. The van der Waals surface area contributed by atoms with E-state index < -0.39 is 0 Å². The lowest BCUT2D eigenvalue weighted by Gasteiger charge is -2.11. The zero-order valence-electron chi connectivity index (χ0n) is 8.16. The van der Waals surface area contributed by atoms with E-state index in [0.717, 1.165) is 32.2 Å². The van der Waals surface area contributed by atoms with Crippen molar-refractivity contribution in [2.24, 2.45) is 11.7 Å². The summed E-state index contributed by atoms with van der Waals surface area (Å²) in [5.41, 5.74) is 5.39. The van der Waals surface area contributed by atoms with Crippen molar-refractivity contribution in [1.82, 2.24) is 0 Å². The zero-order chi connectivity index (χ0) is 10.1. The van der Waals surface area contributed by atoms with Gasteiger partial charge in [-0.15, -0.1) is 11.7 Å². The van der Waals surface area contributed by atoms with Crippen molar-refractivity contribution in [3.8, 4) is 0 Å². The van der Waals surface area contributed by atoms with Gasteiger partial charge in [0.25, 0.3) is 0 Å². The van der Waals surface area contributed by atoms with Crippen LogP contribution in [-0.2, 0) is 4.79 Å². The van der Waals surface area contributed by atoms with Gasteiger partial charge in [-0.25, -0.2) is 0 Å². The van der Waals surface area contributed by atoms with Crippen molar-refractivity contribution >= 4 is 28.2 Å². The van der Waals surface area contributed by atoms with Gasteiger partial charge >= 0.3 is 0 Å². The molecule has 2 nitrogen and oxygen atoms in total. The maximum absolute atomic E-state index is 11.5. The van der Waals surface area contributed by atoms with Gasteiger partial charge < -0.3 is 5.73 Å². The predicted molar refractivity (Wildman–Crippen MR) is 63.1 cm³/mol. The van der Waals surface area contributed by atoms with Crippen molar-refractivity contribution < 1.29 is 4.79 Å². The van der Waals surface area contributed by atoms with E-state index in [2.05, 4.69) is 18.6 Å². The molecule has 1 atom stereocenters. The summed E-state index contributed by atoms with van der Waals surface area (Å²) in [7, 11) is 1.31. The molecule has 0 unspecified atom stereocenters. The number of hydrogen-bond donors (Lipinski definition) is 2. The molecule has 0 bridgehead atoms. The highest BCUT2D eigenvalue weighted by molar-refractivity contribution is 8.68. The van der Waals surface area contributed by atoms with Gasteiger partial charge in [-0.2, -0.15) is 0 Å². The number of rotatable bonds is 8. The number of Topliss-reactive ketones (excluding diaryl/α,β-unsaturated/α-hetero) is 1. The number of thiol groups is 1. The van der Waals surface area contributed by atoms with Crippen LogP contribution in [-0.4, -0.2) is 18.1 Å². The summed E-state index contributed by atoms with van der Waals surface area (Å²) in [5.74, 6) is 1.09. The Hall–Kier alpha value is 0.330. The van der Waals surface area contributed by atoms with Crippen LogP contribution in [0.2, 0.25) is 0 Å². The number of ketones is 1. The lowest BCUT2D eigenvalue weighted by atomic mass is 9.95. The van der Waals surface area contributed by atoms with Gasteiger partial charge in [0.1, 0.15) is 5.78 Å². The molecule has 0 radical (unpaired) electrons. The van der Waals surface area contributed by atoms with Gasteiger partial charge in [-0.3, -0.25) is 4.79 Å². The second kappa shape index (κ2) is 8.91. The molecule has 0 spiro atoms. The molecule has 0 aromatic heterocycles. The summed E-state index contributed by atoms with van der Waals surface area (Å²) in [6.45, 7) is 2.79. The topological polar surface area (TPSA) is 43.1 Å². The molecule has 0 rings (SSSR count). The molecule has 0 heterocycles. The van der Waals surface area contributed by atoms with E-state index in [0.29, 0.717) is 11.5 Å². The smallest absolute Gasteiger partial charge is 0.146 e. The fourth-order valence-electron chi connectivity index (χ4n) is 1.31. The first-order chi connectivity index (χ1) is 6.26. The van der Waals surface area contributed by atoms with Gasteiger partial charge in [0.15, 0.2) is 0 Å². The lowest BCUT2D eigenvalue weighted by molar-refractivity contribution is -0.120. The van der Waals surface area contributed by atoms with Crippen LogP contribution in [0.4, 0.5) is 0 Å². The Kier molecular flexibility index (Phi) is 9.13. The number of carbonyl (C=O) groups excluding carboxylic acids is 1. The first kappa shape index (κ1) is 13.3. The van der Waals surface area contributed by atoms with Crippen LogP contribution in [0.5, 0.6) is 0 Å². The van der Waals surface area contributed by atoms with E-state index in [1.165, 1.54) is 10.8 Å². The quantitative estimate of drug-likeness (QED) is 0.375. The molecular weight excluding hydrogens is 202 g/mol. The molecule has 0 aromatic rings. The van der Waals surface area contributed by atoms with E-state index in [-0.39, 0.29) is 5.92 Å². The molecule has 0 saturated heterocycles. The summed E-state index contributed by atoms with van der Waals surface area (Å²) in [4.78, 5) is 11.5. The van der Waals surface area contributed by atoms with E-state index in [9.17, 15) is 4.79 Å². The van der Waals surface area contributed by atoms with Crippen LogP contribution < -0.4 is 5.73 Å². The van der Waals surface area contributed by atoms with Crippen LogP contribution >= 0.6 is 22.5 Å². The Labute approximate surface area is 89.8 Å². The largest absolute Gasteiger partial charge is 0.330 e. The maximum Gasteiger partial charge on any atom is 0.146 e. The van der Waals surface area contributed by atoms with Gasteiger partial charge in [0.05, 0.1) is 5.75 Å². The minimum atomic E-state index is 0.228. The maximum atomic E-state index is 11.5. The third kappa shape index (κ3) is 6.41. The summed E-state index contributed by atoms with van der Waals surface area (Å²) >= 11 is 3.98. The van der Waals surface area contributed by atoms with Crippen molar-refractivity contribution in [2.45, 2.75) is 32.6 Å². The zero-order valence-corrected chi connectivity index (χ0v) is 9.87. The summed E-state index contributed by atoms with van der Waals surface area (Å²) < 4.78 is 0. The normalized spacial score (nSPS) is 12.8. The van der Waals surface area contributed by atoms with Crippen LogP contribution in [0.3, 0.4) is 0 Å². The second-order valence-electron chi connectivity index (χ2n) is 3.13. The first-order valence-electron chi connectivity index (χ1n) is 4.75. The highest BCUT2D eigenvalue weighted by Gasteiger charge is 2.14. The van der Waals surface area contributed by atoms with E-state index >= 15 is 0 Å². The van der Waals surface area contributed by atoms with Gasteiger partial charge in [-0.1, -0.05) is 24.1 Å². The van der Waals surface area contributed by atoms with Crippen molar-refractivity contribution in [3.05, 3.63) is 0 Å². The van der Waals surface area contributed by atoms with Gasteiger partial charge in [0.2, 0.25) is 0 Å². The van der Waals surface area contributed by atoms with Crippen LogP contribution in [0.1, 0.15) is 32.6 Å². The van der Waals surface area contributed by atoms with Crippen molar-refractivity contribution in [3.63, 3.8) is 0 Å². The molecule has 2 N–H and O–H groups in total. The molecule has 4 heteroatoms. The third-order valence-corrected chi connectivity index (χ3v) is 2.96. The Morgan fingerprint density at radius 2 is 2.23 bits per heavy atom. The fourth-order valence-corrected chi connectivity index (χ4v) is 2.05. The first-order valence-corrected chi connectivity index (χ1v) is 6.79. The Bertz CT molecular complexity index is 142. The van der Waals surface area contributed by atoms with Gasteiger partial charge in [0, 0.05) is 5.92 Å². The van der Waals surface area contributed by atoms with Crippen LogP contribution in [0, 0.1) is 5.92 Å². The number of hydrogen-bond acceptors (Lipinski definition) is 4. The number of unbranched alkanes of at least 4 members (excludes halogenated alkanes) is 1. The monoisotopic (exact) mass is 221 g/mol. The van der Waals surface area contributed by atoms with E-state index in [1.54, 1.807) is 0 Å². The highest BCUT2D eigenvalue weighted by atomic mass is 33.1. The third-order valence-electron chi connectivity index (χ3n) is 2.16. The molecule has 0 amide bonds. The van der Waals surface area contributed by atoms with E-state index in [4.69, 9.17) is 5.73 Å². The standard InChI is InChI=1S/C9H19NOS2/c1-2-8(5-3-4-6-10)9(11)7-13-12/h8,12H,2-7,10H2,1H3/t8-/m0/s1. The lowest BCUT2D eigenvalue weighted by Crippen LogP contribution is -2.16. The number of nitrogens with two attached hydrogens (primary N) is 1. The minimum Gasteiger partial charge on any atom is -0.330 e. The molecule has 0 aliphatic rings. The molecule has 0 saturated carbocycles. The molecule has 78 valence electrons. The average molecular weight is 221 g/mol. The summed E-state index contributed by atoms with van der Waals surface area (Å²) in [6.07, 6.45) is 4.02. The van der Waals surface area contributed by atoms with Gasteiger partial charge in [-0.05, 0) is 25.8 Å². The van der Waals surface area contributed by atoms with Crippen molar-refractivity contribution in [2.75, 3.05) is 12.3 Å². The average Bonchev–Trinajstić information content (AvgIpc) is 2.13. The SMILES string of the molecule is CC[C@@H](CCCCN)C(=O)CSS. The second-order valence-corrected chi connectivity index (χ2v) is 4.45. The molecule has 0 aliphatic heterocycles. The van der Waals surface area contributed by atoms with Crippen LogP contribution in [0.25, 0.3) is 0 Å². The minimum absolute atomic E-state index is 0.228.